The summed E-state index contributed by atoms with van der Waals surface area (Å²) in [4.78, 5) is 11.8. The summed E-state index contributed by atoms with van der Waals surface area (Å²) in [6, 6.07) is 9.70. The lowest BCUT2D eigenvalue weighted by molar-refractivity contribution is 1.04. The van der Waals surface area contributed by atoms with Gasteiger partial charge >= 0.3 is 0 Å². The number of H-pyrrole nitrogens is 1. The molecular formula is C13H10ClN3. The molecule has 0 aliphatic rings. The monoisotopic (exact) mass is 243 g/mol. The summed E-state index contributed by atoms with van der Waals surface area (Å²) in [7, 11) is 0. The van der Waals surface area contributed by atoms with E-state index < -0.39 is 0 Å². The highest BCUT2D eigenvalue weighted by atomic mass is 35.5. The molecule has 0 amide bonds. The predicted octanol–water partition coefficient (Wildman–Crippen LogP) is 3.20. The van der Waals surface area contributed by atoms with Crippen LogP contribution in [0.15, 0.2) is 42.7 Å². The van der Waals surface area contributed by atoms with Crippen molar-refractivity contribution in [3.8, 4) is 0 Å². The lowest BCUT2D eigenvalue weighted by Gasteiger charge is -1.98. The number of imidazole rings is 1. The second-order valence-electron chi connectivity index (χ2n) is 3.88. The first-order valence-corrected chi connectivity index (χ1v) is 5.72. The number of fused-ring (bicyclic) bond motifs is 1. The molecule has 1 aromatic carbocycles. The minimum atomic E-state index is 0.745. The molecule has 0 saturated carbocycles. The molecule has 2 heterocycles. The number of pyridine rings is 1. The molecule has 3 aromatic rings. The summed E-state index contributed by atoms with van der Waals surface area (Å²) in [6.07, 6.45) is 4.27. The molecule has 0 aliphatic heterocycles. The number of hydrogen-bond acceptors (Lipinski definition) is 2. The Morgan fingerprint density at radius 3 is 3.00 bits per heavy atom. The van der Waals surface area contributed by atoms with Crippen LogP contribution in [0.3, 0.4) is 0 Å². The average molecular weight is 244 g/mol. The van der Waals surface area contributed by atoms with Crippen LogP contribution < -0.4 is 0 Å². The smallest absolute Gasteiger partial charge is 0.111 e. The number of hydrogen-bond donors (Lipinski definition) is 1. The van der Waals surface area contributed by atoms with Crippen LogP contribution in [0, 0.1) is 0 Å². The predicted molar refractivity (Wildman–Crippen MR) is 68.1 cm³/mol. The largest absolute Gasteiger partial charge is 0.340 e. The van der Waals surface area contributed by atoms with Gasteiger partial charge in [-0.1, -0.05) is 23.7 Å². The van der Waals surface area contributed by atoms with Gasteiger partial charge in [-0.15, -0.1) is 0 Å². The molecule has 2 aromatic heterocycles. The van der Waals surface area contributed by atoms with Crippen molar-refractivity contribution in [1.82, 2.24) is 15.0 Å². The zero-order valence-electron chi connectivity index (χ0n) is 9.02. The quantitative estimate of drug-likeness (QED) is 0.751. The van der Waals surface area contributed by atoms with Gasteiger partial charge in [-0.05, 0) is 23.8 Å². The number of nitrogens with one attached hydrogen (secondary N) is 1. The van der Waals surface area contributed by atoms with Gasteiger partial charge in [0.25, 0.3) is 0 Å². The maximum Gasteiger partial charge on any atom is 0.111 e. The van der Waals surface area contributed by atoms with E-state index in [9.17, 15) is 0 Å². The van der Waals surface area contributed by atoms with Gasteiger partial charge in [0.15, 0.2) is 0 Å². The van der Waals surface area contributed by atoms with E-state index in [1.807, 2.05) is 30.3 Å². The van der Waals surface area contributed by atoms with Crippen molar-refractivity contribution < 1.29 is 0 Å². The first kappa shape index (κ1) is 10.3. The van der Waals surface area contributed by atoms with E-state index in [1.165, 1.54) is 0 Å². The Labute approximate surface area is 103 Å². The zero-order chi connectivity index (χ0) is 11.7. The summed E-state index contributed by atoms with van der Waals surface area (Å²) in [6.45, 7) is 0. The molecule has 17 heavy (non-hydrogen) atoms. The normalized spacial score (nSPS) is 10.9. The van der Waals surface area contributed by atoms with E-state index in [0.717, 1.165) is 33.9 Å². The van der Waals surface area contributed by atoms with Crippen molar-refractivity contribution in [3.63, 3.8) is 0 Å². The molecule has 0 radical (unpaired) electrons. The van der Waals surface area contributed by atoms with Crippen LogP contribution in [0.1, 0.15) is 11.4 Å². The van der Waals surface area contributed by atoms with Gasteiger partial charge < -0.3 is 4.98 Å². The van der Waals surface area contributed by atoms with Gasteiger partial charge in [-0.25, -0.2) is 4.98 Å². The number of aromatic amines is 1. The third-order valence-corrected chi connectivity index (χ3v) is 2.83. The van der Waals surface area contributed by atoms with Gasteiger partial charge in [-0.2, -0.15) is 0 Å². The molecule has 0 saturated heterocycles. The van der Waals surface area contributed by atoms with E-state index in [0.29, 0.717) is 0 Å². The molecule has 1 N–H and O–H groups in total. The minimum absolute atomic E-state index is 0.745. The lowest BCUT2D eigenvalue weighted by atomic mass is 10.1. The summed E-state index contributed by atoms with van der Waals surface area (Å²) in [5, 5.41) is 0.750. The van der Waals surface area contributed by atoms with Crippen LogP contribution in [0.2, 0.25) is 5.02 Å². The average Bonchev–Trinajstić information content (AvgIpc) is 2.71. The number of rotatable bonds is 2. The van der Waals surface area contributed by atoms with E-state index in [1.54, 1.807) is 12.4 Å². The van der Waals surface area contributed by atoms with Gasteiger partial charge in [0.1, 0.15) is 5.82 Å². The van der Waals surface area contributed by atoms with Crippen LogP contribution in [0.4, 0.5) is 0 Å². The Balaban J connectivity index is 1.94. The Bertz CT molecular complexity index is 627. The first-order chi connectivity index (χ1) is 8.31. The number of halogens is 1. The lowest BCUT2D eigenvalue weighted by Crippen LogP contribution is -1.90. The Hall–Kier alpha value is -1.87. The molecule has 0 bridgehead atoms. The second-order valence-corrected chi connectivity index (χ2v) is 4.32. The second kappa shape index (κ2) is 4.18. The summed E-state index contributed by atoms with van der Waals surface area (Å²) in [5.74, 6) is 0.926. The summed E-state index contributed by atoms with van der Waals surface area (Å²) in [5.41, 5.74) is 3.05. The van der Waals surface area contributed by atoms with Crippen molar-refractivity contribution in [2.45, 2.75) is 6.42 Å². The standard InChI is InChI=1S/C13H10ClN3/c14-10-3-1-2-9(6-10)7-13-16-11-4-5-15-8-12(11)17-13/h1-6,8H,7H2,(H,16,17). The Morgan fingerprint density at radius 2 is 2.18 bits per heavy atom. The highest BCUT2D eigenvalue weighted by Crippen LogP contribution is 2.15. The summed E-state index contributed by atoms with van der Waals surface area (Å²) < 4.78 is 0. The highest BCUT2D eigenvalue weighted by Gasteiger charge is 2.03. The van der Waals surface area contributed by atoms with Crippen LogP contribution in [0.5, 0.6) is 0 Å². The number of benzene rings is 1. The van der Waals surface area contributed by atoms with Gasteiger partial charge in [0.2, 0.25) is 0 Å². The Kier molecular flexibility index (Phi) is 2.53. The van der Waals surface area contributed by atoms with E-state index in [2.05, 4.69) is 15.0 Å². The molecule has 0 unspecified atom stereocenters. The number of nitrogens with zero attached hydrogens (tertiary/aromatic N) is 2. The molecule has 0 fully saturated rings. The maximum atomic E-state index is 5.95. The van der Waals surface area contributed by atoms with Crippen molar-refractivity contribution >= 4 is 22.6 Å². The first-order valence-electron chi connectivity index (χ1n) is 5.34. The van der Waals surface area contributed by atoms with E-state index in [4.69, 9.17) is 11.6 Å². The SMILES string of the molecule is Clc1cccc(Cc2nc3ccncc3[nH]2)c1. The fourth-order valence-electron chi connectivity index (χ4n) is 1.83. The van der Waals surface area contributed by atoms with Gasteiger partial charge in [-0.3, -0.25) is 4.98 Å². The van der Waals surface area contributed by atoms with Crippen LogP contribution in [0.25, 0.3) is 11.0 Å². The highest BCUT2D eigenvalue weighted by molar-refractivity contribution is 6.30. The van der Waals surface area contributed by atoms with Crippen molar-refractivity contribution in [1.29, 1.82) is 0 Å². The molecule has 3 nitrogen and oxygen atoms in total. The summed E-state index contributed by atoms with van der Waals surface area (Å²) >= 11 is 5.95. The molecule has 84 valence electrons. The fraction of sp³-hybridized carbons (Fsp3) is 0.0769. The number of aromatic nitrogens is 3. The van der Waals surface area contributed by atoms with Gasteiger partial charge in [0.05, 0.1) is 17.2 Å². The minimum Gasteiger partial charge on any atom is -0.340 e. The van der Waals surface area contributed by atoms with Crippen LogP contribution in [-0.2, 0) is 6.42 Å². The van der Waals surface area contributed by atoms with Crippen LogP contribution in [-0.4, -0.2) is 15.0 Å². The van der Waals surface area contributed by atoms with Gasteiger partial charge in [0, 0.05) is 17.6 Å². The van der Waals surface area contributed by atoms with Crippen molar-refractivity contribution in [2.75, 3.05) is 0 Å². The Morgan fingerprint density at radius 1 is 1.24 bits per heavy atom. The molecule has 0 atom stereocenters. The van der Waals surface area contributed by atoms with Crippen molar-refractivity contribution in [2.24, 2.45) is 0 Å². The molecule has 0 aliphatic carbocycles. The molecule has 3 rings (SSSR count). The van der Waals surface area contributed by atoms with E-state index in [-0.39, 0.29) is 0 Å². The van der Waals surface area contributed by atoms with E-state index >= 15 is 0 Å². The van der Waals surface area contributed by atoms with Crippen LogP contribution >= 0.6 is 11.6 Å². The fourth-order valence-corrected chi connectivity index (χ4v) is 2.05. The molecule has 4 heteroatoms. The third-order valence-electron chi connectivity index (χ3n) is 2.59. The topological polar surface area (TPSA) is 41.6 Å². The molecule has 0 spiro atoms. The van der Waals surface area contributed by atoms with Crippen molar-refractivity contribution in [3.05, 3.63) is 59.1 Å². The maximum absolute atomic E-state index is 5.95. The third kappa shape index (κ3) is 2.15. The zero-order valence-corrected chi connectivity index (χ0v) is 9.78. The molecular weight excluding hydrogens is 234 g/mol.